The van der Waals surface area contributed by atoms with E-state index in [0.29, 0.717) is 10.8 Å². The molecule has 0 atom stereocenters. The molecule has 2 aliphatic heterocycles. The van der Waals surface area contributed by atoms with Gasteiger partial charge in [-0.3, -0.25) is 0 Å². The summed E-state index contributed by atoms with van der Waals surface area (Å²) in [5.74, 6) is 2.25. The van der Waals surface area contributed by atoms with Crippen LogP contribution in [0.2, 0.25) is 5.02 Å². The number of pyridine rings is 1. The van der Waals surface area contributed by atoms with Crippen LogP contribution in [0.15, 0.2) is 58.8 Å². The molecule has 1 spiro atoms. The minimum absolute atomic E-state index is 0.0680. The van der Waals surface area contributed by atoms with Crippen molar-refractivity contribution >= 4 is 35.0 Å². The normalized spacial score (nSPS) is 17.2. The Balaban J connectivity index is 1.24. The van der Waals surface area contributed by atoms with Crippen molar-refractivity contribution in [3.63, 3.8) is 0 Å². The number of halogens is 1. The van der Waals surface area contributed by atoms with Gasteiger partial charge in [0.2, 0.25) is 0 Å². The van der Waals surface area contributed by atoms with Crippen molar-refractivity contribution in [1.29, 1.82) is 0 Å². The summed E-state index contributed by atoms with van der Waals surface area (Å²) in [5.41, 5.74) is 7.01. The second kappa shape index (κ2) is 7.39. The van der Waals surface area contributed by atoms with Gasteiger partial charge in [0, 0.05) is 43.4 Å². The maximum atomic E-state index is 6.33. The fraction of sp³-hybridized carbons (Fsp3) is 0.286. The van der Waals surface area contributed by atoms with E-state index in [2.05, 4.69) is 38.1 Å². The number of hydrogen-bond donors (Lipinski definition) is 1. The number of fused-ring (bicyclic) bond motifs is 1. The largest absolute Gasteiger partial charge is 0.487 e. The molecule has 0 radical (unpaired) electrons. The fourth-order valence-electron chi connectivity index (χ4n) is 3.95. The van der Waals surface area contributed by atoms with E-state index in [1.807, 2.05) is 18.3 Å². The molecule has 0 aliphatic carbocycles. The van der Waals surface area contributed by atoms with Crippen LogP contribution in [0, 0.1) is 0 Å². The quantitative estimate of drug-likeness (QED) is 0.672. The van der Waals surface area contributed by atoms with Crippen LogP contribution in [-0.4, -0.2) is 33.6 Å². The molecule has 2 N–H and O–H groups in total. The molecule has 3 aromatic rings. The second-order valence-corrected chi connectivity index (χ2v) is 8.82. The van der Waals surface area contributed by atoms with E-state index < -0.39 is 0 Å². The maximum Gasteiger partial charge on any atom is 0.147 e. The number of anilines is 2. The number of piperidine rings is 1. The minimum atomic E-state index is -0.0680. The number of nitrogen functional groups attached to an aromatic ring is 1. The third kappa shape index (κ3) is 3.60. The van der Waals surface area contributed by atoms with Crippen molar-refractivity contribution in [2.24, 2.45) is 0 Å². The lowest BCUT2D eigenvalue weighted by Gasteiger charge is -2.39. The number of hydrogen-bond acceptors (Lipinski definition) is 7. The molecule has 4 heterocycles. The average molecular weight is 426 g/mol. The highest BCUT2D eigenvalue weighted by Gasteiger charge is 2.42. The molecule has 29 heavy (non-hydrogen) atoms. The Morgan fingerprint density at radius 2 is 1.90 bits per heavy atom. The van der Waals surface area contributed by atoms with Gasteiger partial charge >= 0.3 is 0 Å². The number of benzene rings is 1. The smallest absolute Gasteiger partial charge is 0.147 e. The molecule has 0 unspecified atom stereocenters. The molecule has 5 rings (SSSR count). The third-order valence-corrected chi connectivity index (χ3v) is 7.01. The molecule has 1 aromatic carbocycles. The fourth-order valence-corrected chi connectivity index (χ4v) is 4.93. The molecule has 2 aromatic heterocycles. The number of nitrogens with two attached hydrogens (primary N) is 1. The molecule has 0 amide bonds. The van der Waals surface area contributed by atoms with Crippen LogP contribution in [0.25, 0.3) is 0 Å². The van der Waals surface area contributed by atoms with Crippen LogP contribution >= 0.6 is 23.4 Å². The predicted octanol–water partition coefficient (Wildman–Crippen LogP) is 4.23. The first-order valence-corrected chi connectivity index (χ1v) is 10.7. The summed E-state index contributed by atoms with van der Waals surface area (Å²) in [6, 6.07) is 10.2. The highest BCUT2D eigenvalue weighted by atomic mass is 35.5. The molecule has 0 bridgehead atoms. The van der Waals surface area contributed by atoms with Gasteiger partial charge < -0.3 is 15.4 Å². The minimum Gasteiger partial charge on any atom is -0.487 e. The third-order valence-electron chi connectivity index (χ3n) is 5.52. The zero-order valence-electron chi connectivity index (χ0n) is 15.7. The van der Waals surface area contributed by atoms with Crippen LogP contribution in [0.3, 0.4) is 0 Å². The number of para-hydroxylation sites is 1. The van der Waals surface area contributed by atoms with Crippen molar-refractivity contribution in [2.75, 3.05) is 23.7 Å². The van der Waals surface area contributed by atoms with Crippen LogP contribution in [-0.2, 0) is 6.42 Å². The van der Waals surface area contributed by atoms with Gasteiger partial charge in [-0.15, -0.1) is 0 Å². The van der Waals surface area contributed by atoms with E-state index >= 15 is 0 Å². The van der Waals surface area contributed by atoms with Crippen LogP contribution in [0.4, 0.5) is 11.6 Å². The molecular weight excluding hydrogens is 406 g/mol. The molecule has 6 nitrogen and oxygen atoms in total. The van der Waals surface area contributed by atoms with Crippen molar-refractivity contribution in [3.8, 4) is 5.75 Å². The van der Waals surface area contributed by atoms with E-state index in [-0.39, 0.29) is 5.60 Å². The Hall–Kier alpha value is -2.51. The molecular formula is C21H20ClN5OS. The lowest BCUT2D eigenvalue weighted by Crippen LogP contribution is -2.47. The van der Waals surface area contributed by atoms with Crippen molar-refractivity contribution in [2.45, 2.75) is 34.8 Å². The summed E-state index contributed by atoms with van der Waals surface area (Å²) in [5, 5.41) is 1.21. The Labute approximate surface area is 178 Å². The SMILES string of the molecule is Nc1nccc(Sc2cnc(N3CCC4(CC3)Cc3ccccc3O4)cn2)c1Cl. The Morgan fingerprint density at radius 1 is 1.07 bits per heavy atom. The van der Waals surface area contributed by atoms with Crippen molar-refractivity contribution in [1.82, 2.24) is 15.0 Å². The van der Waals surface area contributed by atoms with Gasteiger partial charge in [-0.05, 0) is 17.7 Å². The average Bonchev–Trinajstić information content (AvgIpc) is 3.10. The number of ether oxygens (including phenoxy) is 1. The zero-order valence-corrected chi connectivity index (χ0v) is 17.3. The Morgan fingerprint density at radius 3 is 2.66 bits per heavy atom. The van der Waals surface area contributed by atoms with E-state index in [1.54, 1.807) is 12.4 Å². The van der Waals surface area contributed by atoms with E-state index in [9.17, 15) is 0 Å². The molecule has 1 saturated heterocycles. The summed E-state index contributed by atoms with van der Waals surface area (Å²) >= 11 is 7.64. The maximum absolute atomic E-state index is 6.33. The van der Waals surface area contributed by atoms with Crippen molar-refractivity contribution < 1.29 is 4.74 Å². The second-order valence-electron chi connectivity index (χ2n) is 7.38. The zero-order chi connectivity index (χ0) is 19.8. The van der Waals surface area contributed by atoms with Gasteiger partial charge in [-0.1, -0.05) is 41.6 Å². The van der Waals surface area contributed by atoms with Crippen LogP contribution < -0.4 is 15.4 Å². The molecule has 1 fully saturated rings. The van der Waals surface area contributed by atoms with E-state index in [0.717, 1.165) is 53.8 Å². The first-order valence-electron chi connectivity index (χ1n) is 9.54. The number of aromatic nitrogens is 3. The van der Waals surface area contributed by atoms with Gasteiger partial charge in [0.1, 0.15) is 28.0 Å². The highest BCUT2D eigenvalue weighted by Crippen LogP contribution is 2.41. The summed E-state index contributed by atoms with van der Waals surface area (Å²) < 4.78 is 6.33. The van der Waals surface area contributed by atoms with Gasteiger partial charge in [-0.2, -0.15) is 0 Å². The predicted molar refractivity (Wildman–Crippen MR) is 115 cm³/mol. The summed E-state index contributed by atoms with van der Waals surface area (Å²) in [6.45, 7) is 1.81. The molecule has 148 valence electrons. The lowest BCUT2D eigenvalue weighted by atomic mass is 9.87. The first kappa shape index (κ1) is 18.5. The molecule has 0 saturated carbocycles. The van der Waals surface area contributed by atoms with Crippen molar-refractivity contribution in [3.05, 3.63) is 59.5 Å². The monoisotopic (exact) mass is 425 g/mol. The first-order chi connectivity index (χ1) is 14.1. The summed E-state index contributed by atoms with van der Waals surface area (Å²) in [4.78, 5) is 16.2. The topological polar surface area (TPSA) is 77.2 Å². The lowest BCUT2D eigenvalue weighted by molar-refractivity contribution is 0.0666. The highest BCUT2D eigenvalue weighted by molar-refractivity contribution is 7.99. The summed E-state index contributed by atoms with van der Waals surface area (Å²) in [6.07, 6.45) is 8.19. The summed E-state index contributed by atoms with van der Waals surface area (Å²) in [7, 11) is 0. The van der Waals surface area contributed by atoms with Gasteiger partial charge in [0.25, 0.3) is 0 Å². The van der Waals surface area contributed by atoms with Crippen LogP contribution in [0.1, 0.15) is 18.4 Å². The number of nitrogens with zero attached hydrogens (tertiary/aromatic N) is 4. The van der Waals surface area contributed by atoms with Crippen LogP contribution in [0.5, 0.6) is 5.75 Å². The van der Waals surface area contributed by atoms with Gasteiger partial charge in [0.05, 0.1) is 17.4 Å². The number of rotatable bonds is 3. The standard InChI is InChI=1S/C21H20ClN5OS/c22-19-16(5-8-24-20(19)23)29-18-13-25-17(12-26-18)27-9-6-21(7-10-27)11-14-3-1-2-4-15(14)28-21/h1-5,8,12-13H,6-7,9-11H2,(H2,23,24). The molecule has 2 aliphatic rings. The Bertz CT molecular complexity index is 1010. The van der Waals surface area contributed by atoms with E-state index in [4.69, 9.17) is 22.1 Å². The Kier molecular flexibility index (Phi) is 4.72. The van der Waals surface area contributed by atoms with Gasteiger partial charge in [0.15, 0.2) is 0 Å². The van der Waals surface area contributed by atoms with Gasteiger partial charge in [-0.25, -0.2) is 15.0 Å². The van der Waals surface area contributed by atoms with E-state index in [1.165, 1.54) is 17.3 Å². The molecule has 8 heteroatoms.